The van der Waals surface area contributed by atoms with E-state index in [2.05, 4.69) is 9.88 Å². The van der Waals surface area contributed by atoms with E-state index in [4.69, 9.17) is 0 Å². The Bertz CT molecular complexity index is 923. The van der Waals surface area contributed by atoms with Crippen LogP contribution in [-0.2, 0) is 10.0 Å². The van der Waals surface area contributed by atoms with E-state index in [0.29, 0.717) is 32.7 Å². The molecule has 8 nitrogen and oxygen atoms in total. The minimum Gasteiger partial charge on any atom is -0.297 e. The summed E-state index contributed by atoms with van der Waals surface area (Å²) in [6.07, 6.45) is 7.48. The van der Waals surface area contributed by atoms with Gasteiger partial charge in [-0.15, -0.1) is 0 Å². The van der Waals surface area contributed by atoms with Gasteiger partial charge >= 0.3 is 0 Å². The van der Waals surface area contributed by atoms with Crippen molar-refractivity contribution in [2.24, 2.45) is 0 Å². The van der Waals surface area contributed by atoms with E-state index in [1.807, 2.05) is 24.3 Å². The average molecular weight is 388 g/mol. The summed E-state index contributed by atoms with van der Waals surface area (Å²) >= 11 is 0. The maximum absolute atomic E-state index is 12.8. The lowest BCUT2D eigenvalue weighted by Crippen LogP contribution is -2.48. The third-order valence-corrected chi connectivity index (χ3v) is 6.32. The SMILES string of the molecule is O=[N+]([O-])c1ccccc1S(=O)(=O)N1CCN(C/C=C/c2cccnc2)CC1. The number of sulfonamides is 1. The van der Waals surface area contributed by atoms with Crippen LogP contribution >= 0.6 is 0 Å². The zero-order valence-corrected chi connectivity index (χ0v) is 15.5. The molecule has 0 bridgehead atoms. The molecule has 0 spiro atoms. The van der Waals surface area contributed by atoms with E-state index < -0.39 is 14.9 Å². The molecule has 1 saturated heterocycles. The Hall–Kier alpha value is -2.62. The fraction of sp³-hybridized carbons (Fsp3) is 0.278. The van der Waals surface area contributed by atoms with Crippen molar-refractivity contribution in [3.05, 3.63) is 70.5 Å². The van der Waals surface area contributed by atoms with Crippen molar-refractivity contribution in [3.8, 4) is 0 Å². The summed E-state index contributed by atoms with van der Waals surface area (Å²) in [6.45, 7) is 2.44. The first-order valence-corrected chi connectivity index (χ1v) is 9.95. The van der Waals surface area contributed by atoms with Crippen LogP contribution in [0.25, 0.3) is 6.08 Å². The lowest BCUT2D eigenvalue weighted by Gasteiger charge is -2.33. The van der Waals surface area contributed by atoms with Crippen LogP contribution in [0.5, 0.6) is 0 Å². The number of aromatic nitrogens is 1. The summed E-state index contributed by atoms with van der Waals surface area (Å²) in [5.41, 5.74) is 0.620. The second-order valence-corrected chi connectivity index (χ2v) is 8.02. The quantitative estimate of drug-likeness (QED) is 0.555. The number of hydrogen-bond acceptors (Lipinski definition) is 6. The average Bonchev–Trinajstić information content (AvgIpc) is 2.69. The van der Waals surface area contributed by atoms with Crippen molar-refractivity contribution in [1.29, 1.82) is 0 Å². The Morgan fingerprint density at radius 3 is 2.52 bits per heavy atom. The molecule has 1 aliphatic rings. The van der Waals surface area contributed by atoms with Crippen molar-refractivity contribution >= 4 is 21.8 Å². The van der Waals surface area contributed by atoms with Gasteiger partial charge in [0.2, 0.25) is 10.0 Å². The van der Waals surface area contributed by atoms with Crippen molar-refractivity contribution in [3.63, 3.8) is 0 Å². The van der Waals surface area contributed by atoms with Crippen LogP contribution in [0.1, 0.15) is 5.56 Å². The molecule has 1 aliphatic heterocycles. The molecule has 1 aromatic heterocycles. The molecule has 27 heavy (non-hydrogen) atoms. The number of hydrogen-bond donors (Lipinski definition) is 0. The molecule has 0 aliphatic carbocycles. The topological polar surface area (TPSA) is 96.6 Å². The summed E-state index contributed by atoms with van der Waals surface area (Å²) in [5.74, 6) is 0. The molecular formula is C18H20N4O4S. The van der Waals surface area contributed by atoms with E-state index in [1.165, 1.54) is 28.6 Å². The lowest BCUT2D eigenvalue weighted by atomic mass is 10.2. The third kappa shape index (κ3) is 4.57. The van der Waals surface area contributed by atoms with Gasteiger partial charge in [-0.2, -0.15) is 4.31 Å². The first kappa shape index (κ1) is 19.2. The molecule has 142 valence electrons. The summed E-state index contributed by atoms with van der Waals surface area (Å²) in [5, 5.41) is 11.1. The van der Waals surface area contributed by atoms with Crippen LogP contribution in [0.15, 0.2) is 59.8 Å². The molecule has 9 heteroatoms. The summed E-state index contributed by atoms with van der Waals surface area (Å²) in [7, 11) is -3.89. The number of benzene rings is 1. The van der Waals surface area contributed by atoms with Crippen LogP contribution in [-0.4, -0.2) is 60.3 Å². The fourth-order valence-electron chi connectivity index (χ4n) is 2.93. The van der Waals surface area contributed by atoms with E-state index in [-0.39, 0.29) is 10.6 Å². The highest BCUT2D eigenvalue weighted by Gasteiger charge is 2.33. The van der Waals surface area contributed by atoms with Gasteiger partial charge in [-0.3, -0.25) is 20.0 Å². The van der Waals surface area contributed by atoms with Crippen LogP contribution in [0.3, 0.4) is 0 Å². The summed E-state index contributed by atoms with van der Waals surface area (Å²) < 4.78 is 26.9. The number of piperazine rings is 1. The Balaban J connectivity index is 1.62. The smallest absolute Gasteiger partial charge is 0.289 e. The molecule has 0 N–H and O–H groups in total. The molecule has 0 saturated carbocycles. The van der Waals surface area contributed by atoms with Crippen LogP contribution < -0.4 is 0 Å². The van der Waals surface area contributed by atoms with E-state index in [9.17, 15) is 18.5 Å². The molecule has 2 heterocycles. The number of nitro groups is 1. The molecule has 0 radical (unpaired) electrons. The number of nitro benzene ring substituents is 1. The van der Waals surface area contributed by atoms with Crippen molar-refractivity contribution < 1.29 is 13.3 Å². The van der Waals surface area contributed by atoms with Crippen LogP contribution in [0, 0.1) is 10.1 Å². The van der Waals surface area contributed by atoms with E-state index in [0.717, 1.165) is 5.56 Å². The molecule has 0 amide bonds. The van der Waals surface area contributed by atoms with E-state index in [1.54, 1.807) is 12.4 Å². The van der Waals surface area contributed by atoms with Crippen LogP contribution in [0.4, 0.5) is 5.69 Å². The number of pyridine rings is 1. The van der Waals surface area contributed by atoms with Gasteiger partial charge in [-0.05, 0) is 17.7 Å². The lowest BCUT2D eigenvalue weighted by molar-refractivity contribution is -0.387. The number of para-hydroxylation sites is 1. The summed E-state index contributed by atoms with van der Waals surface area (Å²) in [4.78, 5) is 16.4. The van der Waals surface area contributed by atoms with Gasteiger partial charge in [0.25, 0.3) is 5.69 Å². The van der Waals surface area contributed by atoms with Gasteiger partial charge < -0.3 is 0 Å². The Morgan fingerprint density at radius 1 is 1.11 bits per heavy atom. The maximum Gasteiger partial charge on any atom is 0.289 e. The normalized spacial score (nSPS) is 16.6. The largest absolute Gasteiger partial charge is 0.297 e. The van der Waals surface area contributed by atoms with E-state index >= 15 is 0 Å². The second-order valence-electron chi connectivity index (χ2n) is 6.12. The Morgan fingerprint density at radius 2 is 1.85 bits per heavy atom. The van der Waals surface area contributed by atoms with Gasteiger partial charge in [0.15, 0.2) is 4.90 Å². The van der Waals surface area contributed by atoms with Gasteiger partial charge in [-0.1, -0.05) is 30.4 Å². The highest BCUT2D eigenvalue weighted by molar-refractivity contribution is 7.89. The maximum atomic E-state index is 12.8. The number of nitrogens with zero attached hydrogens (tertiary/aromatic N) is 4. The minimum absolute atomic E-state index is 0.250. The van der Waals surface area contributed by atoms with Crippen LogP contribution in [0.2, 0.25) is 0 Å². The molecular weight excluding hydrogens is 368 g/mol. The zero-order chi connectivity index (χ0) is 19.3. The van der Waals surface area contributed by atoms with Gasteiger partial charge in [0, 0.05) is 51.2 Å². The van der Waals surface area contributed by atoms with Gasteiger partial charge in [-0.25, -0.2) is 8.42 Å². The Kier molecular flexibility index (Phi) is 5.94. The van der Waals surface area contributed by atoms with Gasteiger partial charge in [0.05, 0.1) is 4.92 Å². The molecule has 0 atom stereocenters. The molecule has 2 aromatic rings. The molecule has 0 unspecified atom stereocenters. The third-order valence-electron chi connectivity index (χ3n) is 4.37. The Labute approximate surface area is 158 Å². The monoisotopic (exact) mass is 388 g/mol. The van der Waals surface area contributed by atoms with Crippen molar-refractivity contribution in [1.82, 2.24) is 14.2 Å². The predicted octanol–water partition coefficient (Wildman–Crippen LogP) is 2.01. The molecule has 1 aromatic carbocycles. The van der Waals surface area contributed by atoms with Gasteiger partial charge in [0.1, 0.15) is 0 Å². The van der Waals surface area contributed by atoms with Crippen molar-refractivity contribution in [2.75, 3.05) is 32.7 Å². The first-order chi connectivity index (χ1) is 13.0. The minimum atomic E-state index is -3.89. The number of rotatable bonds is 6. The second kappa shape index (κ2) is 8.38. The molecule has 3 rings (SSSR count). The first-order valence-electron chi connectivity index (χ1n) is 8.51. The molecule has 1 fully saturated rings. The highest BCUT2D eigenvalue weighted by Crippen LogP contribution is 2.26. The highest BCUT2D eigenvalue weighted by atomic mass is 32.2. The zero-order valence-electron chi connectivity index (χ0n) is 14.6. The fourth-order valence-corrected chi connectivity index (χ4v) is 4.51. The predicted molar refractivity (Wildman–Crippen MR) is 102 cm³/mol. The van der Waals surface area contributed by atoms with Crippen molar-refractivity contribution in [2.45, 2.75) is 4.90 Å². The standard InChI is InChI=1S/C18H20N4O4S/c23-22(24)17-7-1-2-8-18(17)27(25,26)21-13-11-20(12-14-21)10-4-6-16-5-3-9-19-15-16/h1-9,15H,10-14H2/b6-4+. The summed E-state index contributed by atoms with van der Waals surface area (Å²) in [6, 6.07) is 9.29.